The molecule has 1 aliphatic heterocycles. The molecule has 2 aromatic carbocycles. The summed E-state index contributed by atoms with van der Waals surface area (Å²) in [6, 6.07) is 16.0. The molecule has 0 bridgehead atoms. The molecule has 6 heteroatoms. The number of methoxy groups -OCH3 is 1. The lowest BCUT2D eigenvalue weighted by Gasteiger charge is -2.16. The molecule has 3 heterocycles. The second kappa shape index (κ2) is 8.32. The normalized spacial score (nSPS) is 16.5. The van der Waals surface area contributed by atoms with Crippen LogP contribution in [0.2, 0.25) is 0 Å². The van der Waals surface area contributed by atoms with Gasteiger partial charge in [0, 0.05) is 30.4 Å². The molecule has 1 aliphatic rings. The second-order valence-corrected chi connectivity index (χ2v) is 7.91. The third kappa shape index (κ3) is 3.94. The number of hydrogen-bond acceptors (Lipinski definition) is 6. The Hall–Kier alpha value is -3.51. The minimum absolute atomic E-state index is 0.469. The first-order chi connectivity index (χ1) is 15.2. The molecule has 156 valence electrons. The predicted molar refractivity (Wildman–Crippen MR) is 121 cm³/mol. The number of aromatic nitrogens is 3. The van der Waals surface area contributed by atoms with Crippen LogP contribution in [0.3, 0.4) is 0 Å². The van der Waals surface area contributed by atoms with Gasteiger partial charge in [0.05, 0.1) is 12.6 Å². The van der Waals surface area contributed by atoms with Crippen molar-refractivity contribution < 1.29 is 9.47 Å². The van der Waals surface area contributed by atoms with Crippen LogP contribution in [-0.4, -0.2) is 47.1 Å². The lowest BCUT2D eigenvalue weighted by Crippen LogP contribution is -2.13. The van der Waals surface area contributed by atoms with Gasteiger partial charge in [-0.3, -0.25) is 0 Å². The van der Waals surface area contributed by atoms with Gasteiger partial charge in [-0.15, -0.1) is 0 Å². The molecule has 31 heavy (non-hydrogen) atoms. The SMILES string of the molecule is COc1cc(-c2cc(C3CCN(C)C3)c3ncncc3c2)ccc1Oc1ccccn1. The largest absolute Gasteiger partial charge is 0.493 e. The first kappa shape index (κ1) is 19.5. The van der Waals surface area contributed by atoms with Crippen LogP contribution in [0.15, 0.2) is 67.3 Å². The van der Waals surface area contributed by atoms with Crippen LogP contribution in [0.4, 0.5) is 0 Å². The fourth-order valence-electron chi connectivity index (χ4n) is 4.25. The van der Waals surface area contributed by atoms with Crippen molar-refractivity contribution in [3.8, 4) is 28.5 Å². The summed E-state index contributed by atoms with van der Waals surface area (Å²) >= 11 is 0. The van der Waals surface area contributed by atoms with Crippen LogP contribution in [-0.2, 0) is 0 Å². The minimum atomic E-state index is 0.469. The van der Waals surface area contributed by atoms with E-state index < -0.39 is 0 Å². The average molecular weight is 412 g/mol. The maximum atomic E-state index is 5.92. The molecule has 2 aromatic heterocycles. The van der Waals surface area contributed by atoms with Crippen LogP contribution < -0.4 is 9.47 Å². The summed E-state index contributed by atoms with van der Waals surface area (Å²) in [7, 11) is 3.82. The summed E-state index contributed by atoms with van der Waals surface area (Å²) < 4.78 is 11.5. The highest BCUT2D eigenvalue weighted by Gasteiger charge is 2.24. The monoisotopic (exact) mass is 412 g/mol. The van der Waals surface area contributed by atoms with Gasteiger partial charge in [0.15, 0.2) is 11.5 Å². The van der Waals surface area contributed by atoms with Gasteiger partial charge in [0.1, 0.15) is 6.33 Å². The van der Waals surface area contributed by atoms with Crippen LogP contribution in [0.25, 0.3) is 22.0 Å². The number of likely N-dealkylation sites (tertiary alicyclic amines) is 1. The highest BCUT2D eigenvalue weighted by molar-refractivity contribution is 5.87. The molecule has 0 N–H and O–H groups in total. The van der Waals surface area contributed by atoms with E-state index >= 15 is 0 Å². The third-order valence-electron chi connectivity index (χ3n) is 5.82. The highest BCUT2D eigenvalue weighted by Crippen LogP contribution is 2.38. The zero-order valence-corrected chi connectivity index (χ0v) is 17.7. The maximum Gasteiger partial charge on any atom is 0.219 e. The minimum Gasteiger partial charge on any atom is -0.493 e. The number of benzene rings is 2. The Morgan fingerprint density at radius 1 is 1.00 bits per heavy atom. The summed E-state index contributed by atoms with van der Waals surface area (Å²) in [6.45, 7) is 2.15. The van der Waals surface area contributed by atoms with E-state index in [1.807, 2.05) is 36.5 Å². The first-order valence-electron chi connectivity index (χ1n) is 10.4. The van der Waals surface area contributed by atoms with Crippen molar-refractivity contribution in [3.63, 3.8) is 0 Å². The van der Waals surface area contributed by atoms with Gasteiger partial charge >= 0.3 is 0 Å². The molecule has 0 spiro atoms. The van der Waals surface area contributed by atoms with Gasteiger partial charge in [-0.1, -0.05) is 12.1 Å². The summed E-state index contributed by atoms with van der Waals surface area (Å²) in [6.07, 6.45) is 6.37. The number of hydrogen-bond donors (Lipinski definition) is 0. The van der Waals surface area contributed by atoms with Crippen LogP contribution in [0.5, 0.6) is 17.4 Å². The van der Waals surface area contributed by atoms with Gasteiger partial charge in [-0.2, -0.15) is 0 Å². The lowest BCUT2D eigenvalue weighted by molar-refractivity contribution is 0.374. The first-order valence-corrected chi connectivity index (χ1v) is 10.4. The number of ether oxygens (including phenoxy) is 2. The van der Waals surface area contributed by atoms with E-state index in [1.165, 1.54) is 5.56 Å². The van der Waals surface area contributed by atoms with Crippen molar-refractivity contribution in [2.75, 3.05) is 27.2 Å². The van der Waals surface area contributed by atoms with Crippen molar-refractivity contribution in [1.29, 1.82) is 0 Å². The smallest absolute Gasteiger partial charge is 0.219 e. The summed E-state index contributed by atoms with van der Waals surface area (Å²) in [5, 5.41) is 1.05. The number of pyridine rings is 1. The van der Waals surface area contributed by atoms with E-state index in [-0.39, 0.29) is 0 Å². The van der Waals surface area contributed by atoms with E-state index in [0.717, 1.165) is 41.5 Å². The fraction of sp³-hybridized carbons (Fsp3) is 0.240. The maximum absolute atomic E-state index is 5.92. The Morgan fingerprint density at radius 2 is 1.94 bits per heavy atom. The molecule has 0 aliphatic carbocycles. The Morgan fingerprint density at radius 3 is 2.71 bits per heavy atom. The molecule has 1 saturated heterocycles. The fourth-order valence-corrected chi connectivity index (χ4v) is 4.25. The third-order valence-corrected chi connectivity index (χ3v) is 5.82. The number of rotatable bonds is 5. The molecule has 1 atom stereocenters. The number of nitrogens with zero attached hydrogens (tertiary/aromatic N) is 4. The Kier molecular flexibility index (Phi) is 5.22. The van der Waals surface area contributed by atoms with E-state index in [1.54, 1.807) is 19.6 Å². The number of fused-ring (bicyclic) bond motifs is 1. The number of likely N-dealkylation sites (N-methyl/N-ethyl adjacent to an activating group) is 1. The lowest BCUT2D eigenvalue weighted by atomic mass is 9.91. The van der Waals surface area contributed by atoms with Gasteiger partial charge in [0.2, 0.25) is 5.88 Å². The predicted octanol–water partition coefficient (Wildman–Crippen LogP) is 4.91. The van der Waals surface area contributed by atoms with E-state index in [9.17, 15) is 0 Å². The van der Waals surface area contributed by atoms with E-state index in [0.29, 0.717) is 23.3 Å². The summed E-state index contributed by atoms with van der Waals surface area (Å²) in [5.74, 6) is 2.29. The quantitative estimate of drug-likeness (QED) is 0.464. The molecule has 1 unspecified atom stereocenters. The van der Waals surface area contributed by atoms with E-state index in [4.69, 9.17) is 9.47 Å². The molecule has 0 amide bonds. The molecule has 4 aromatic rings. The molecule has 0 saturated carbocycles. The Labute approximate surface area is 181 Å². The van der Waals surface area contributed by atoms with Crippen LogP contribution >= 0.6 is 0 Å². The second-order valence-electron chi connectivity index (χ2n) is 7.91. The highest BCUT2D eigenvalue weighted by atomic mass is 16.5. The van der Waals surface area contributed by atoms with Crippen molar-refractivity contribution in [3.05, 3.63) is 72.8 Å². The molecule has 1 fully saturated rings. The van der Waals surface area contributed by atoms with Crippen molar-refractivity contribution in [2.24, 2.45) is 0 Å². The molecular weight excluding hydrogens is 388 g/mol. The van der Waals surface area contributed by atoms with Crippen LogP contribution in [0.1, 0.15) is 17.9 Å². The summed E-state index contributed by atoms with van der Waals surface area (Å²) in [5.41, 5.74) is 4.51. The van der Waals surface area contributed by atoms with Gasteiger partial charge in [-0.05, 0) is 73.0 Å². The Bertz CT molecular complexity index is 1210. The van der Waals surface area contributed by atoms with Crippen LogP contribution in [0, 0.1) is 0 Å². The van der Waals surface area contributed by atoms with E-state index in [2.05, 4.69) is 45.1 Å². The van der Waals surface area contributed by atoms with Gasteiger partial charge in [0.25, 0.3) is 0 Å². The standard InChI is InChI=1S/C25H24N4O2/c1-29-10-8-18(15-29)21-12-19(11-20-14-26-16-28-25(20)21)17-6-7-22(23(13-17)30-2)31-24-5-3-4-9-27-24/h3-7,9,11-14,16,18H,8,10,15H2,1-2H3. The van der Waals surface area contributed by atoms with Gasteiger partial charge < -0.3 is 14.4 Å². The molecule has 0 radical (unpaired) electrons. The molecular formula is C25H24N4O2. The van der Waals surface area contributed by atoms with Crippen molar-refractivity contribution >= 4 is 10.9 Å². The zero-order chi connectivity index (χ0) is 21.2. The summed E-state index contributed by atoms with van der Waals surface area (Å²) in [4.78, 5) is 15.5. The average Bonchev–Trinajstić information content (AvgIpc) is 3.25. The van der Waals surface area contributed by atoms with Crippen molar-refractivity contribution in [2.45, 2.75) is 12.3 Å². The molecule has 6 nitrogen and oxygen atoms in total. The topological polar surface area (TPSA) is 60.4 Å². The van der Waals surface area contributed by atoms with Crippen molar-refractivity contribution in [1.82, 2.24) is 19.9 Å². The zero-order valence-electron chi connectivity index (χ0n) is 17.7. The molecule has 5 rings (SSSR count). The Balaban J connectivity index is 1.56. The van der Waals surface area contributed by atoms with Gasteiger partial charge in [-0.25, -0.2) is 15.0 Å².